The Bertz CT molecular complexity index is 407. The number of nitrogens with zero attached hydrogens (tertiary/aromatic N) is 1. The van der Waals surface area contributed by atoms with Crippen LogP contribution in [-0.4, -0.2) is 12.5 Å². The van der Waals surface area contributed by atoms with Gasteiger partial charge >= 0.3 is 0 Å². The molecule has 0 bridgehead atoms. The van der Waals surface area contributed by atoms with Crippen molar-refractivity contribution in [1.82, 2.24) is 0 Å². The molecule has 1 aromatic rings. The van der Waals surface area contributed by atoms with Gasteiger partial charge in [0.1, 0.15) is 0 Å². The average Bonchev–Trinajstić information content (AvgIpc) is 2.20. The molecule has 0 aromatic heterocycles. The molecular weight excluding hydrogens is 190 g/mol. The van der Waals surface area contributed by atoms with Crippen molar-refractivity contribution in [2.24, 2.45) is 5.73 Å². The van der Waals surface area contributed by atoms with Crippen molar-refractivity contribution in [2.75, 3.05) is 11.9 Å². The number of nitrogens with two attached hydrogens (primary N) is 1. The van der Waals surface area contributed by atoms with Crippen LogP contribution >= 0.6 is 0 Å². The van der Waals surface area contributed by atoms with Crippen molar-refractivity contribution in [3.8, 4) is 6.07 Å². The number of hydrogen-bond donors (Lipinski definition) is 2. The minimum absolute atomic E-state index is 0.305. The molecule has 0 spiro atoms. The molecule has 4 nitrogen and oxygen atoms in total. The number of anilines is 1. The van der Waals surface area contributed by atoms with Crippen LogP contribution in [-0.2, 0) is 4.79 Å². The van der Waals surface area contributed by atoms with Gasteiger partial charge in [0.25, 0.3) is 0 Å². The summed E-state index contributed by atoms with van der Waals surface area (Å²) in [6.07, 6.45) is 0.305. The van der Waals surface area contributed by atoms with Crippen molar-refractivity contribution in [2.45, 2.75) is 13.3 Å². The van der Waals surface area contributed by atoms with Gasteiger partial charge in [-0.25, -0.2) is 0 Å². The largest absolute Gasteiger partial charge is 0.384 e. The lowest BCUT2D eigenvalue weighted by atomic mass is 10.1. The third-order valence-corrected chi connectivity index (χ3v) is 2.04. The van der Waals surface area contributed by atoms with E-state index in [1.54, 1.807) is 12.1 Å². The second kappa shape index (κ2) is 5.01. The number of amides is 1. The number of nitrogens with one attached hydrogen (secondary N) is 1. The summed E-state index contributed by atoms with van der Waals surface area (Å²) in [5.74, 6) is -0.325. The first-order chi connectivity index (χ1) is 7.13. The van der Waals surface area contributed by atoms with Crippen molar-refractivity contribution >= 4 is 11.6 Å². The first kappa shape index (κ1) is 11.1. The fourth-order valence-electron chi connectivity index (χ4n) is 1.25. The van der Waals surface area contributed by atoms with Gasteiger partial charge in [0.15, 0.2) is 0 Å². The maximum Gasteiger partial charge on any atom is 0.219 e. The van der Waals surface area contributed by atoms with Gasteiger partial charge in [-0.1, -0.05) is 0 Å². The van der Waals surface area contributed by atoms with E-state index in [0.717, 1.165) is 11.3 Å². The Labute approximate surface area is 88.7 Å². The Balaban J connectivity index is 2.63. The van der Waals surface area contributed by atoms with Crippen LogP contribution in [0.3, 0.4) is 0 Å². The molecule has 4 heteroatoms. The number of primary amides is 1. The van der Waals surface area contributed by atoms with Gasteiger partial charge in [-0.2, -0.15) is 5.26 Å². The van der Waals surface area contributed by atoms with E-state index in [1.807, 2.05) is 13.0 Å². The highest BCUT2D eigenvalue weighted by atomic mass is 16.1. The van der Waals surface area contributed by atoms with Gasteiger partial charge in [-0.15, -0.1) is 0 Å². The smallest absolute Gasteiger partial charge is 0.219 e. The summed E-state index contributed by atoms with van der Waals surface area (Å²) in [6, 6.07) is 7.43. The van der Waals surface area contributed by atoms with Crippen LogP contribution in [0.25, 0.3) is 0 Å². The molecule has 0 radical (unpaired) electrons. The van der Waals surface area contributed by atoms with Gasteiger partial charge in [0, 0.05) is 18.7 Å². The third kappa shape index (κ3) is 3.31. The summed E-state index contributed by atoms with van der Waals surface area (Å²) in [5.41, 5.74) is 7.56. The number of aryl methyl sites for hydroxylation is 1. The molecule has 1 amide bonds. The zero-order valence-electron chi connectivity index (χ0n) is 8.58. The van der Waals surface area contributed by atoms with Crippen LogP contribution in [0.5, 0.6) is 0 Å². The maximum atomic E-state index is 10.5. The number of rotatable bonds is 4. The number of hydrogen-bond acceptors (Lipinski definition) is 3. The highest BCUT2D eigenvalue weighted by Crippen LogP contribution is 2.15. The summed E-state index contributed by atoms with van der Waals surface area (Å²) in [5, 5.41) is 11.8. The summed E-state index contributed by atoms with van der Waals surface area (Å²) < 4.78 is 0. The standard InChI is InChI=1S/C11H13N3O/c1-8-6-9(7-12)2-3-10(8)14-5-4-11(13)15/h2-3,6,14H,4-5H2,1H3,(H2,13,15). The number of benzene rings is 1. The summed E-state index contributed by atoms with van der Waals surface area (Å²) in [4.78, 5) is 10.5. The van der Waals surface area contributed by atoms with Gasteiger partial charge in [0.05, 0.1) is 11.6 Å². The topological polar surface area (TPSA) is 78.9 Å². The van der Waals surface area contributed by atoms with Gasteiger partial charge in [-0.3, -0.25) is 4.79 Å². The molecule has 0 saturated heterocycles. The Morgan fingerprint density at radius 3 is 2.87 bits per heavy atom. The second-order valence-corrected chi connectivity index (χ2v) is 3.28. The lowest BCUT2D eigenvalue weighted by molar-refractivity contribution is -0.117. The third-order valence-electron chi connectivity index (χ3n) is 2.04. The maximum absolute atomic E-state index is 10.5. The van der Waals surface area contributed by atoms with Gasteiger partial charge in [0.2, 0.25) is 5.91 Å². The lowest BCUT2D eigenvalue weighted by Gasteiger charge is -2.08. The number of carbonyl (C=O) groups excluding carboxylic acids is 1. The van der Waals surface area contributed by atoms with Crippen LogP contribution in [0.15, 0.2) is 18.2 Å². The Morgan fingerprint density at radius 1 is 1.60 bits per heavy atom. The highest BCUT2D eigenvalue weighted by Gasteiger charge is 2.00. The monoisotopic (exact) mass is 203 g/mol. The first-order valence-electron chi connectivity index (χ1n) is 4.66. The van der Waals surface area contributed by atoms with E-state index in [-0.39, 0.29) is 5.91 Å². The van der Waals surface area contributed by atoms with E-state index in [9.17, 15) is 4.79 Å². The second-order valence-electron chi connectivity index (χ2n) is 3.28. The summed E-state index contributed by atoms with van der Waals surface area (Å²) >= 11 is 0. The molecule has 1 aromatic carbocycles. The van der Waals surface area contributed by atoms with Crippen molar-refractivity contribution in [3.05, 3.63) is 29.3 Å². The van der Waals surface area contributed by atoms with E-state index >= 15 is 0 Å². The van der Waals surface area contributed by atoms with E-state index in [1.165, 1.54) is 0 Å². The zero-order chi connectivity index (χ0) is 11.3. The fraction of sp³-hybridized carbons (Fsp3) is 0.273. The molecule has 0 aliphatic carbocycles. The molecule has 1 rings (SSSR count). The van der Waals surface area contributed by atoms with Crippen LogP contribution in [0.1, 0.15) is 17.5 Å². The van der Waals surface area contributed by atoms with Crippen LogP contribution in [0, 0.1) is 18.3 Å². The van der Waals surface area contributed by atoms with Gasteiger partial charge in [-0.05, 0) is 30.7 Å². The Hall–Kier alpha value is -2.02. The van der Waals surface area contributed by atoms with Crippen molar-refractivity contribution < 1.29 is 4.79 Å². The molecule has 0 aliphatic rings. The molecular formula is C11H13N3O. The quantitative estimate of drug-likeness (QED) is 0.770. The normalized spacial score (nSPS) is 9.33. The Morgan fingerprint density at radius 2 is 2.33 bits per heavy atom. The predicted molar refractivity (Wildman–Crippen MR) is 58.2 cm³/mol. The molecule has 0 unspecified atom stereocenters. The predicted octanol–water partition coefficient (Wildman–Crippen LogP) is 1.15. The summed E-state index contributed by atoms with van der Waals surface area (Å²) in [7, 11) is 0. The molecule has 3 N–H and O–H groups in total. The van der Waals surface area contributed by atoms with Crippen LogP contribution < -0.4 is 11.1 Å². The fourth-order valence-corrected chi connectivity index (χ4v) is 1.25. The first-order valence-corrected chi connectivity index (χ1v) is 4.66. The van der Waals surface area contributed by atoms with E-state index in [2.05, 4.69) is 11.4 Å². The van der Waals surface area contributed by atoms with Crippen molar-refractivity contribution in [1.29, 1.82) is 5.26 Å². The highest BCUT2D eigenvalue weighted by molar-refractivity contribution is 5.74. The molecule has 0 saturated carbocycles. The van der Waals surface area contributed by atoms with Crippen LogP contribution in [0.4, 0.5) is 5.69 Å². The van der Waals surface area contributed by atoms with Gasteiger partial charge < -0.3 is 11.1 Å². The molecule has 0 fully saturated rings. The van der Waals surface area contributed by atoms with Crippen LogP contribution in [0.2, 0.25) is 0 Å². The number of nitriles is 1. The molecule has 0 heterocycles. The number of carbonyl (C=O) groups is 1. The van der Waals surface area contributed by atoms with E-state index < -0.39 is 0 Å². The average molecular weight is 203 g/mol. The lowest BCUT2D eigenvalue weighted by Crippen LogP contribution is -2.16. The van der Waals surface area contributed by atoms with Crippen molar-refractivity contribution in [3.63, 3.8) is 0 Å². The minimum atomic E-state index is -0.325. The molecule has 15 heavy (non-hydrogen) atoms. The molecule has 0 aliphatic heterocycles. The molecule has 0 atom stereocenters. The SMILES string of the molecule is Cc1cc(C#N)ccc1NCCC(N)=O. The van der Waals surface area contributed by atoms with E-state index in [4.69, 9.17) is 11.0 Å². The minimum Gasteiger partial charge on any atom is -0.384 e. The van der Waals surface area contributed by atoms with E-state index in [0.29, 0.717) is 18.5 Å². The summed E-state index contributed by atoms with van der Waals surface area (Å²) in [6.45, 7) is 2.43. The molecule has 78 valence electrons. The zero-order valence-corrected chi connectivity index (χ0v) is 8.58. The Kier molecular flexibility index (Phi) is 3.69.